The highest BCUT2D eigenvalue weighted by Gasteiger charge is 2.11. The number of aryl methyl sites for hydroxylation is 2. The van der Waals surface area contributed by atoms with Crippen LogP contribution in [0.4, 0.5) is 0 Å². The van der Waals surface area contributed by atoms with Gasteiger partial charge >= 0.3 is 0 Å². The molecule has 0 amide bonds. The predicted octanol–water partition coefficient (Wildman–Crippen LogP) is 3.56. The lowest BCUT2D eigenvalue weighted by atomic mass is 10.3. The summed E-state index contributed by atoms with van der Waals surface area (Å²) >= 11 is 3.55. The topological polar surface area (TPSA) is 37.8 Å². The second-order valence-electron chi connectivity index (χ2n) is 4.93. The summed E-state index contributed by atoms with van der Waals surface area (Å²) < 4.78 is 0. The van der Waals surface area contributed by atoms with Crippen molar-refractivity contribution in [2.24, 2.45) is 0 Å². The van der Waals surface area contributed by atoms with E-state index in [1.807, 2.05) is 18.3 Å². The summed E-state index contributed by atoms with van der Waals surface area (Å²) in [4.78, 5) is 10.6. The fourth-order valence-electron chi connectivity index (χ4n) is 1.84. The molecule has 2 rings (SSSR count). The minimum absolute atomic E-state index is 0.511. The molecule has 0 unspecified atom stereocenters. The number of hydrogen-bond donors (Lipinski definition) is 1. The second kappa shape index (κ2) is 6.59. The van der Waals surface area contributed by atoms with Gasteiger partial charge in [-0.1, -0.05) is 20.8 Å². The lowest BCUT2D eigenvalue weighted by molar-refractivity contribution is 0.590. The largest absolute Gasteiger partial charge is 0.310 e. The molecule has 0 spiro atoms. The van der Waals surface area contributed by atoms with Gasteiger partial charge < -0.3 is 5.32 Å². The van der Waals surface area contributed by atoms with Crippen LogP contribution in [0.3, 0.4) is 0 Å². The van der Waals surface area contributed by atoms with E-state index < -0.39 is 0 Å². The van der Waals surface area contributed by atoms with Crippen LogP contribution in [0.25, 0.3) is 0 Å². The fraction of sp³-hybridized carbons (Fsp3) is 0.571. The molecule has 2 aromatic rings. The zero-order valence-corrected chi connectivity index (χ0v) is 13.6. The van der Waals surface area contributed by atoms with Crippen LogP contribution in [-0.4, -0.2) is 16.0 Å². The molecular weight excluding hydrogens is 274 g/mol. The van der Waals surface area contributed by atoms with Gasteiger partial charge in [-0.2, -0.15) is 0 Å². The Morgan fingerprint density at radius 3 is 2.63 bits per heavy atom. The Balaban J connectivity index is 2.09. The van der Waals surface area contributed by atoms with Crippen LogP contribution in [0, 0.1) is 6.92 Å². The van der Waals surface area contributed by atoms with Crippen LogP contribution in [0.5, 0.6) is 0 Å². The third-order valence-electron chi connectivity index (χ3n) is 2.80. The molecule has 0 aliphatic rings. The standard InChI is InChI=1S/C14H21N3S2/c1-5-11-12(7-15-9(2)3)19-14(17-11)6-13-16-10(4)8-18-13/h8-9,15H,5-7H2,1-4H3. The number of hydrogen-bond acceptors (Lipinski definition) is 5. The predicted molar refractivity (Wildman–Crippen MR) is 83.1 cm³/mol. The summed E-state index contributed by atoms with van der Waals surface area (Å²) in [7, 11) is 0. The minimum atomic E-state index is 0.511. The average Bonchev–Trinajstić information content (AvgIpc) is 2.93. The number of thiazole rings is 2. The van der Waals surface area contributed by atoms with Crippen LogP contribution in [0.1, 0.15) is 47.1 Å². The van der Waals surface area contributed by atoms with Gasteiger partial charge in [0, 0.05) is 28.5 Å². The fourth-order valence-corrected chi connectivity index (χ4v) is 3.82. The van der Waals surface area contributed by atoms with E-state index in [-0.39, 0.29) is 0 Å². The molecule has 2 aromatic heterocycles. The van der Waals surface area contributed by atoms with Crippen LogP contribution in [-0.2, 0) is 19.4 Å². The molecule has 19 heavy (non-hydrogen) atoms. The third-order valence-corrected chi connectivity index (χ3v) is 4.86. The van der Waals surface area contributed by atoms with Crippen molar-refractivity contribution in [3.05, 3.63) is 31.7 Å². The molecule has 0 atom stereocenters. The van der Waals surface area contributed by atoms with Crippen LogP contribution >= 0.6 is 22.7 Å². The van der Waals surface area contributed by atoms with Gasteiger partial charge in [0.2, 0.25) is 0 Å². The Labute approximate surface area is 123 Å². The maximum Gasteiger partial charge on any atom is 0.0999 e. The van der Waals surface area contributed by atoms with Gasteiger partial charge in [-0.15, -0.1) is 22.7 Å². The Bertz CT molecular complexity index is 529. The van der Waals surface area contributed by atoms with E-state index in [9.17, 15) is 0 Å². The highest BCUT2D eigenvalue weighted by Crippen LogP contribution is 2.23. The average molecular weight is 295 g/mol. The molecule has 2 heterocycles. The second-order valence-corrected chi connectivity index (χ2v) is 7.04. The Kier molecular flexibility index (Phi) is 5.07. The van der Waals surface area contributed by atoms with Crippen LogP contribution in [0.15, 0.2) is 5.38 Å². The van der Waals surface area contributed by atoms with Crippen molar-refractivity contribution in [3.63, 3.8) is 0 Å². The lowest BCUT2D eigenvalue weighted by Gasteiger charge is -2.06. The molecular formula is C14H21N3S2. The highest BCUT2D eigenvalue weighted by atomic mass is 32.1. The molecule has 5 heteroatoms. The zero-order valence-electron chi connectivity index (χ0n) is 12.0. The van der Waals surface area contributed by atoms with Gasteiger partial charge in [0.1, 0.15) is 0 Å². The molecule has 3 nitrogen and oxygen atoms in total. The van der Waals surface area contributed by atoms with E-state index in [1.54, 1.807) is 11.3 Å². The van der Waals surface area contributed by atoms with Crippen LogP contribution in [0.2, 0.25) is 0 Å². The zero-order chi connectivity index (χ0) is 13.8. The van der Waals surface area contributed by atoms with Crippen molar-refractivity contribution >= 4 is 22.7 Å². The molecule has 0 fully saturated rings. The number of aromatic nitrogens is 2. The van der Waals surface area contributed by atoms with E-state index in [0.717, 1.165) is 30.1 Å². The van der Waals surface area contributed by atoms with Gasteiger partial charge in [0.15, 0.2) is 0 Å². The van der Waals surface area contributed by atoms with E-state index in [1.165, 1.54) is 15.6 Å². The van der Waals surface area contributed by atoms with E-state index >= 15 is 0 Å². The number of nitrogens with zero attached hydrogens (tertiary/aromatic N) is 2. The van der Waals surface area contributed by atoms with E-state index in [4.69, 9.17) is 4.98 Å². The Morgan fingerprint density at radius 2 is 2.05 bits per heavy atom. The maximum atomic E-state index is 4.76. The van der Waals surface area contributed by atoms with Crippen molar-refractivity contribution in [1.29, 1.82) is 0 Å². The number of nitrogens with one attached hydrogen (secondary N) is 1. The first-order valence-electron chi connectivity index (χ1n) is 6.70. The summed E-state index contributed by atoms with van der Waals surface area (Å²) in [5, 5.41) is 7.93. The molecule has 0 aromatic carbocycles. The van der Waals surface area contributed by atoms with Gasteiger partial charge in [-0.3, -0.25) is 0 Å². The van der Waals surface area contributed by atoms with Crippen molar-refractivity contribution in [1.82, 2.24) is 15.3 Å². The van der Waals surface area contributed by atoms with Crippen molar-refractivity contribution in [2.45, 2.75) is 53.1 Å². The summed E-state index contributed by atoms with van der Waals surface area (Å²) in [6, 6.07) is 0.511. The lowest BCUT2D eigenvalue weighted by Crippen LogP contribution is -2.21. The summed E-state index contributed by atoms with van der Waals surface area (Å²) in [6.45, 7) is 9.48. The van der Waals surface area contributed by atoms with Gasteiger partial charge in [0.05, 0.1) is 22.1 Å². The number of rotatable bonds is 6. The Morgan fingerprint density at radius 1 is 1.26 bits per heavy atom. The van der Waals surface area contributed by atoms with E-state index in [2.05, 4.69) is 36.5 Å². The smallest absolute Gasteiger partial charge is 0.0999 e. The molecule has 1 N–H and O–H groups in total. The summed E-state index contributed by atoms with van der Waals surface area (Å²) in [5.74, 6) is 0. The monoisotopic (exact) mass is 295 g/mol. The first-order chi connectivity index (χ1) is 9.08. The molecule has 0 radical (unpaired) electrons. The SMILES string of the molecule is CCc1nc(Cc2nc(C)cs2)sc1CNC(C)C. The molecule has 104 valence electrons. The minimum Gasteiger partial charge on any atom is -0.310 e. The normalized spacial score (nSPS) is 11.4. The van der Waals surface area contributed by atoms with Gasteiger partial charge in [-0.25, -0.2) is 9.97 Å². The Hall–Kier alpha value is -0.780. The maximum absolute atomic E-state index is 4.76. The first kappa shape index (κ1) is 14.6. The molecule has 0 bridgehead atoms. The summed E-state index contributed by atoms with van der Waals surface area (Å²) in [6.07, 6.45) is 1.88. The van der Waals surface area contributed by atoms with Gasteiger partial charge in [-0.05, 0) is 13.3 Å². The molecule has 0 saturated heterocycles. The van der Waals surface area contributed by atoms with Crippen molar-refractivity contribution in [3.8, 4) is 0 Å². The van der Waals surface area contributed by atoms with Crippen molar-refractivity contribution < 1.29 is 0 Å². The van der Waals surface area contributed by atoms with Crippen LogP contribution < -0.4 is 5.32 Å². The third kappa shape index (κ3) is 4.09. The highest BCUT2D eigenvalue weighted by molar-refractivity contribution is 7.12. The van der Waals surface area contributed by atoms with Gasteiger partial charge in [0.25, 0.3) is 0 Å². The summed E-state index contributed by atoms with van der Waals surface area (Å²) in [5.41, 5.74) is 2.34. The molecule has 0 aliphatic carbocycles. The first-order valence-corrected chi connectivity index (χ1v) is 8.40. The van der Waals surface area contributed by atoms with Crippen molar-refractivity contribution in [2.75, 3.05) is 0 Å². The molecule has 0 saturated carbocycles. The quantitative estimate of drug-likeness (QED) is 0.885. The van der Waals surface area contributed by atoms with E-state index in [0.29, 0.717) is 6.04 Å². The molecule has 0 aliphatic heterocycles.